The fraction of sp³-hybridized carbons (Fsp3) is 0.444. The van der Waals surface area contributed by atoms with Gasteiger partial charge in [0.25, 0.3) is 0 Å². The van der Waals surface area contributed by atoms with Crippen molar-refractivity contribution in [2.24, 2.45) is 4.99 Å². The summed E-state index contributed by atoms with van der Waals surface area (Å²) < 4.78 is 5.68. The predicted molar refractivity (Wildman–Crippen MR) is 116 cm³/mol. The van der Waals surface area contributed by atoms with Crippen molar-refractivity contribution in [2.75, 3.05) is 19.7 Å². The van der Waals surface area contributed by atoms with Crippen molar-refractivity contribution in [2.45, 2.75) is 33.2 Å². The lowest BCUT2D eigenvalue weighted by Crippen LogP contribution is -2.38. The van der Waals surface area contributed by atoms with Crippen molar-refractivity contribution in [3.63, 3.8) is 0 Å². The fourth-order valence-electron chi connectivity index (χ4n) is 2.06. The van der Waals surface area contributed by atoms with E-state index in [9.17, 15) is 0 Å². The molecule has 0 aliphatic heterocycles. The van der Waals surface area contributed by atoms with Gasteiger partial charge >= 0.3 is 0 Å². The van der Waals surface area contributed by atoms with Gasteiger partial charge in [0.1, 0.15) is 10.8 Å². The standard InChI is InChI=1S/C18H26N4OS.HI/c1-3-16-13-21-17(24-16)14-22-18(19-4-2)20-11-8-12-23-15-9-6-5-7-10-15;/h5-7,9-10,13H,3-4,8,11-12,14H2,1-2H3,(H2,19,20,22);1H. The summed E-state index contributed by atoms with van der Waals surface area (Å²) >= 11 is 1.73. The van der Waals surface area contributed by atoms with Gasteiger partial charge in [-0.25, -0.2) is 9.98 Å². The molecule has 1 heterocycles. The third-order valence-electron chi connectivity index (χ3n) is 3.29. The number of hydrogen-bond donors (Lipinski definition) is 2. The number of hydrogen-bond acceptors (Lipinski definition) is 4. The van der Waals surface area contributed by atoms with Crippen LogP contribution in [0.25, 0.3) is 0 Å². The molecule has 138 valence electrons. The van der Waals surface area contributed by atoms with Crippen LogP contribution < -0.4 is 15.4 Å². The first kappa shape index (κ1) is 21.7. The molecule has 1 aromatic carbocycles. The molecule has 7 heteroatoms. The zero-order valence-electron chi connectivity index (χ0n) is 14.8. The Morgan fingerprint density at radius 1 is 1.20 bits per heavy atom. The number of aromatic nitrogens is 1. The second-order valence-corrected chi connectivity index (χ2v) is 6.41. The van der Waals surface area contributed by atoms with E-state index in [1.165, 1.54) is 4.88 Å². The van der Waals surface area contributed by atoms with Gasteiger partial charge in [-0.3, -0.25) is 0 Å². The lowest BCUT2D eigenvalue weighted by Gasteiger charge is -2.11. The maximum absolute atomic E-state index is 5.68. The average molecular weight is 474 g/mol. The number of nitrogens with zero attached hydrogens (tertiary/aromatic N) is 2. The quantitative estimate of drug-likeness (QED) is 0.251. The molecule has 0 amide bonds. The van der Waals surface area contributed by atoms with Crippen LogP contribution in [-0.4, -0.2) is 30.6 Å². The van der Waals surface area contributed by atoms with Crippen LogP contribution in [0.4, 0.5) is 0 Å². The number of aryl methyl sites for hydroxylation is 1. The Hall–Kier alpha value is -1.35. The summed E-state index contributed by atoms with van der Waals surface area (Å²) in [5.41, 5.74) is 0. The van der Waals surface area contributed by atoms with Gasteiger partial charge in [0.2, 0.25) is 0 Å². The third kappa shape index (κ3) is 8.53. The number of ether oxygens (including phenoxy) is 1. The SMILES string of the molecule is CCNC(=NCc1ncc(CC)s1)NCCCOc1ccccc1.I. The summed E-state index contributed by atoms with van der Waals surface area (Å²) in [4.78, 5) is 10.3. The number of halogens is 1. The summed E-state index contributed by atoms with van der Waals surface area (Å²) in [7, 11) is 0. The van der Waals surface area contributed by atoms with Crippen molar-refractivity contribution >= 4 is 41.3 Å². The van der Waals surface area contributed by atoms with Gasteiger partial charge in [0, 0.05) is 24.2 Å². The van der Waals surface area contributed by atoms with Gasteiger partial charge in [-0.1, -0.05) is 25.1 Å². The zero-order chi connectivity index (χ0) is 17.0. The number of benzene rings is 1. The molecule has 0 radical (unpaired) electrons. The maximum Gasteiger partial charge on any atom is 0.191 e. The summed E-state index contributed by atoms with van der Waals surface area (Å²) in [6.07, 6.45) is 3.88. The van der Waals surface area contributed by atoms with E-state index in [-0.39, 0.29) is 24.0 Å². The lowest BCUT2D eigenvalue weighted by atomic mass is 10.3. The highest BCUT2D eigenvalue weighted by Crippen LogP contribution is 2.14. The van der Waals surface area contributed by atoms with Crippen LogP contribution in [0, 0.1) is 0 Å². The number of guanidine groups is 1. The van der Waals surface area contributed by atoms with E-state index in [0.29, 0.717) is 13.2 Å². The molecule has 0 atom stereocenters. The van der Waals surface area contributed by atoms with Gasteiger partial charge < -0.3 is 15.4 Å². The molecule has 0 unspecified atom stereocenters. The molecule has 0 saturated heterocycles. The summed E-state index contributed by atoms with van der Waals surface area (Å²) in [5, 5.41) is 7.64. The van der Waals surface area contributed by atoms with E-state index < -0.39 is 0 Å². The molecular weight excluding hydrogens is 447 g/mol. The van der Waals surface area contributed by atoms with E-state index in [2.05, 4.69) is 34.5 Å². The number of nitrogens with one attached hydrogen (secondary N) is 2. The number of thiazole rings is 1. The molecule has 5 nitrogen and oxygen atoms in total. The van der Waals surface area contributed by atoms with Crippen LogP contribution in [0.1, 0.15) is 30.2 Å². The Kier molecular flexibility index (Phi) is 11.2. The van der Waals surface area contributed by atoms with E-state index in [1.807, 2.05) is 36.5 Å². The first-order valence-corrected chi connectivity index (χ1v) is 9.27. The minimum absolute atomic E-state index is 0. The van der Waals surface area contributed by atoms with E-state index in [1.54, 1.807) is 11.3 Å². The smallest absolute Gasteiger partial charge is 0.191 e. The third-order valence-corrected chi connectivity index (χ3v) is 4.42. The van der Waals surface area contributed by atoms with Gasteiger partial charge in [-0.2, -0.15) is 0 Å². The largest absolute Gasteiger partial charge is 0.494 e. The Morgan fingerprint density at radius 3 is 2.68 bits per heavy atom. The molecule has 2 aromatic rings. The van der Waals surface area contributed by atoms with E-state index in [0.717, 1.165) is 42.6 Å². The number of aliphatic imine (C=N–C) groups is 1. The highest BCUT2D eigenvalue weighted by Gasteiger charge is 2.01. The Labute approximate surface area is 171 Å². The Bertz CT molecular complexity index is 619. The summed E-state index contributed by atoms with van der Waals surface area (Å²) in [6.45, 7) is 7.16. The second-order valence-electron chi connectivity index (χ2n) is 5.21. The number of rotatable bonds is 9. The minimum Gasteiger partial charge on any atom is -0.494 e. The number of para-hydroxylation sites is 1. The summed E-state index contributed by atoms with van der Waals surface area (Å²) in [6, 6.07) is 9.88. The molecule has 0 fully saturated rings. The topological polar surface area (TPSA) is 58.5 Å². The van der Waals surface area contributed by atoms with Crippen molar-refractivity contribution in [3.8, 4) is 5.75 Å². The molecule has 2 rings (SSSR count). The molecule has 2 N–H and O–H groups in total. The Balaban J connectivity index is 0.00000312. The molecule has 0 saturated carbocycles. The highest BCUT2D eigenvalue weighted by atomic mass is 127. The molecule has 25 heavy (non-hydrogen) atoms. The minimum atomic E-state index is 0. The Morgan fingerprint density at radius 2 is 2.00 bits per heavy atom. The van der Waals surface area contributed by atoms with Crippen LogP contribution >= 0.6 is 35.3 Å². The highest BCUT2D eigenvalue weighted by molar-refractivity contribution is 14.0. The average Bonchev–Trinajstić information content (AvgIpc) is 3.08. The van der Waals surface area contributed by atoms with Crippen molar-refractivity contribution in [1.29, 1.82) is 0 Å². The van der Waals surface area contributed by atoms with E-state index in [4.69, 9.17) is 4.74 Å². The maximum atomic E-state index is 5.68. The first-order valence-electron chi connectivity index (χ1n) is 8.45. The van der Waals surface area contributed by atoms with Crippen LogP contribution in [0.3, 0.4) is 0 Å². The van der Waals surface area contributed by atoms with Crippen molar-refractivity contribution in [3.05, 3.63) is 46.4 Å². The first-order chi connectivity index (χ1) is 11.8. The molecule has 0 spiro atoms. The van der Waals surface area contributed by atoms with Crippen LogP contribution in [0.15, 0.2) is 41.5 Å². The molecule has 0 aliphatic rings. The van der Waals surface area contributed by atoms with Gasteiger partial charge in [0.15, 0.2) is 5.96 Å². The van der Waals surface area contributed by atoms with E-state index >= 15 is 0 Å². The van der Waals surface area contributed by atoms with Crippen LogP contribution in [-0.2, 0) is 13.0 Å². The fourth-order valence-corrected chi connectivity index (χ4v) is 2.85. The molecule has 0 aliphatic carbocycles. The van der Waals surface area contributed by atoms with Crippen molar-refractivity contribution < 1.29 is 4.74 Å². The predicted octanol–water partition coefficient (Wildman–Crippen LogP) is 3.85. The van der Waals surface area contributed by atoms with Gasteiger partial charge in [-0.05, 0) is 31.9 Å². The monoisotopic (exact) mass is 474 g/mol. The normalized spacial score (nSPS) is 10.9. The second kappa shape index (κ2) is 12.9. The van der Waals surface area contributed by atoms with Gasteiger partial charge in [0.05, 0.1) is 13.2 Å². The molecular formula is C18H27IN4OS. The van der Waals surface area contributed by atoms with Crippen LogP contribution in [0.2, 0.25) is 0 Å². The lowest BCUT2D eigenvalue weighted by molar-refractivity contribution is 0.311. The zero-order valence-corrected chi connectivity index (χ0v) is 18.0. The van der Waals surface area contributed by atoms with Crippen LogP contribution in [0.5, 0.6) is 5.75 Å². The summed E-state index contributed by atoms with van der Waals surface area (Å²) in [5.74, 6) is 1.74. The van der Waals surface area contributed by atoms with Gasteiger partial charge in [-0.15, -0.1) is 35.3 Å². The molecule has 0 bridgehead atoms. The van der Waals surface area contributed by atoms with Crippen molar-refractivity contribution in [1.82, 2.24) is 15.6 Å². The molecule has 1 aromatic heterocycles.